The summed E-state index contributed by atoms with van der Waals surface area (Å²) in [6.45, 7) is 0.509. The zero-order chi connectivity index (χ0) is 13.2. The van der Waals surface area contributed by atoms with Crippen LogP contribution in [0.15, 0.2) is 36.7 Å². The molecule has 0 atom stereocenters. The largest absolute Gasteiger partial charge is 0.573 e. The van der Waals surface area contributed by atoms with Crippen molar-refractivity contribution in [3.63, 3.8) is 0 Å². The van der Waals surface area contributed by atoms with Crippen molar-refractivity contribution in [3.05, 3.63) is 45.8 Å². The number of rotatable bonds is 3. The molecule has 18 heavy (non-hydrogen) atoms. The molecule has 1 aromatic carbocycles. The van der Waals surface area contributed by atoms with Gasteiger partial charge in [0.25, 0.3) is 0 Å². The van der Waals surface area contributed by atoms with Crippen LogP contribution in [0.3, 0.4) is 0 Å². The predicted molar refractivity (Wildman–Crippen MR) is 67.2 cm³/mol. The van der Waals surface area contributed by atoms with Gasteiger partial charge in [-0.05, 0) is 40.3 Å². The second-order valence-electron chi connectivity index (χ2n) is 3.55. The minimum absolute atomic E-state index is 0.221. The van der Waals surface area contributed by atoms with Crippen molar-refractivity contribution in [2.45, 2.75) is 12.9 Å². The third-order valence-electron chi connectivity index (χ3n) is 2.10. The highest BCUT2D eigenvalue weighted by atomic mass is 127. The van der Waals surface area contributed by atoms with Gasteiger partial charge in [0.1, 0.15) is 5.75 Å². The topological polar surface area (TPSA) is 27.1 Å². The Balaban J connectivity index is 2.04. The molecule has 0 fully saturated rings. The number of hydrogen-bond acceptors (Lipinski definition) is 2. The Morgan fingerprint density at radius 3 is 2.39 bits per heavy atom. The second-order valence-corrected chi connectivity index (χ2v) is 4.79. The summed E-state index contributed by atoms with van der Waals surface area (Å²) in [5.74, 6) is -0.221. The van der Waals surface area contributed by atoms with Crippen molar-refractivity contribution in [2.24, 2.45) is 0 Å². The molecule has 0 spiro atoms. The zero-order valence-corrected chi connectivity index (χ0v) is 11.1. The molecule has 0 unspecified atom stereocenters. The molecule has 2 aromatic rings. The summed E-state index contributed by atoms with van der Waals surface area (Å²) in [5, 5.41) is 4.09. The first-order valence-electron chi connectivity index (χ1n) is 4.95. The Morgan fingerprint density at radius 1 is 1.22 bits per heavy atom. The average Bonchev–Trinajstić information content (AvgIpc) is 2.65. The monoisotopic (exact) mass is 368 g/mol. The Labute approximate surface area is 115 Å². The Bertz CT molecular complexity index is 522. The van der Waals surface area contributed by atoms with E-state index in [0.29, 0.717) is 6.54 Å². The van der Waals surface area contributed by atoms with Crippen molar-refractivity contribution in [1.29, 1.82) is 0 Å². The maximum atomic E-state index is 12.0. The molecule has 0 aliphatic carbocycles. The number of nitrogens with zero attached hydrogens (tertiary/aromatic N) is 2. The Hall–Kier alpha value is -1.25. The van der Waals surface area contributed by atoms with Crippen LogP contribution in [-0.2, 0) is 6.54 Å². The number of halogens is 4. The van der Waals surface area contributed by atoms with Crippen molar-refractivity contribution in [3.8, 4) is 5.75 Å². The van der Waals surface area contributed by atoms with Crippen molar-refractivity contribution < 1.29 is 17.9 Å². The van der Waals surface area contributed by atoms with Crippen LogP contribution in [0, 0.1) is 3.57 Å². The molecule has 7 heteroatoms. The summed E-state index contributed by atoms with van der Waals surface area (Å²) in [6.07, 6.45) is -1.10. The first kappa shape index (κ1) is 13.2. The number of ether oxygens (including phenoxy) is 1. The molecule has 2 rings (SSSR count). The lowest BCUT2D eigenvalue weighted by molar-refractivity contribution is -0.274. The third-order valence-corrected chi connectivity index (χ3v) is 2.66. The molecule has 1 heterocycles. The van der Waals surface area contributed by atoms with Crippen LogP contribution < -0.4 is 4.74 Å². The molecule has 3 nitrogen and oxygen atoms in total. The van der Waals surface area contributed by atoms with Crippen LogP contribution in [0.2, 0.25) is 0 Å². The van der Waals surface area contributed by atoms with Gasteiger partial charge in [0, 0.05) is 6.20 Å². The van der Waals surface area contributed by atoms with Gasteiger partial charge in [0.15, 0.2) is 0 Å². The molecule has 96 valence electrons. The maximum Gasteiger partial charge on any atom is 0.573 e. The van der Waals surface area contributed by atoms with Gasteiger partial charge in [-0.15, -0.1) is 13.2 Å². The smallest absolute Gasteiger partial charge is 0.406 e. The summed E-state index contributed by atoms with van der Waals surface area (Å²) in [7, 11) is 0. The van der Waals surface area contributed by atoms with Gasteiger partial charge in [-0.3, -0.25) is 4.68 Å². The molecule has 0 radical (unpaired) electrons. The first-order chi connectivity index (χ1) is 8.42. The summed E-state index contributed by atoms with van der Waals surface area (Å²) in [5.41, 5.74) is 0.851. The summed E-state index contributed by atoms with van der Waals surface area (Å²) in [4.78, 5) is 0. The minimum Gasteiger partial charge on any atom is -0.406 e. The fourth-order valence-electron chi connectivity index (χ4n) is 1.41. The van der Waals surface area contributed by atoms with Gasteiger partial charge in [-0.2, -0.15) is 5.10 Å². The molecule has 0 aliphatic heterocycles. The molecule has 0 amide bonds. The van der Waals surface area contributed by atoms with Crippen LogP contribution >= 0.6 is 22.6 Å². The predicted octanol–water partition coefficient (Wildman–Crippen LogP) is 3.43. The highest BCUT2D eigenvalue weighted by molar-refractivity contribution is 14.1. The molecule has 1 aromatic heterocycles. The lowest BCUT2D eigenvalue weighted by Crippen LogP contribution is -2.17. The average molecular weight is 368 g/mol. The Kier molecular flexibility index (Phi) is 3.79. The third kappa shape index (κ3) is 3.90. The van der Waals surface area contributed by atoms with Gasteiger partial charge < -0.3 is 4.74 Å². The van der Waals surface area contributed by atoms with E-state index in [4.69, 9.17) is 0 Å². The van der Waals surface area contributed by atoms with Crippen molar-refractivity contribution in [2.75, 3.05) is 0 Å². The van der Waals surface area contributed by atoms with Crippen molar-refractivity contribution in [1.82, 2.24) is 9.78 Å². The number of benzene rings is 1. The van der Waals surface area contributed by atoms with E-state index in [1.165, 1.54) is 12.1 Å². The van der Waals surface area contributed by atoms with E-state index in [9.17, 15) is 13.2 Å². The highest BCUT2D eigenvalue weighted by Crippen LogP contribution is 2.22. The molecule has 0 aliphatic rings. The van der Waals surface area contributed by atoms with Gasteiger partial charge in [-0.1, -0.05) is 12.1 Å². The van der Waals surface area contributed by atoms with E-state index in [-0.39, 0.29) is 5.75 Å². The van der Waals surface area contributed by atoms with Crippen LogP contribution in [0.4, 0.5) is 13.2 Å². The molecule has 0 N–H and O–H groups in total. The van der Waals surface area contributed by atoms with E-state index in [2.05, 4.69) is 32.4 Å². The lowest BCUT2D eigenvalue weighted by atomic mass is 10.2. The maximum absolute atomic E-state index is 12.0. The van der Waals surface area contributed by atoms with Crippen molar-refractivity contribution >= 4 is 22.6 Å². The van der Waals surface area contributed by atoms with Crippen LogP contribution in [0.25, 0.3) is 0 Å². The standard InChI is InChI=1S/C11H8F3IN2O/c12-11(13,14)18-10-3-1-8(2-4-10)6-17-7-9(15)5-16-17/h1-5,7H,6H2. The van der Waals surface area contributed by atoms with E-state index < -0.39 is 6.36 Å². The molecular formula is C11H8F3IN2O. The van der Waals surface area contributed by atoms with Crippen LogP contribution in [-0.4, -0.2) is 16.1 Å². The van der Waals surface area contributed by atoms with Gasteiger partial charge >= 0.3 is 6.36 Å². The zero-order valence-electron chi connectivity index (χ0n) is 8.99. The molecule has 0 bridgehead atoms. The summed E-state index contributed by atoms with van der Waals surface area (Å²) < 4.78 is 42.4. The first-order valence-corrected chi connectivity index (χ1v) is 6.03. The number of hydrogen-bond donors (Lipinski definition) is 0. The molecular weight excluding hydrogens is 360 g/mol. The lowest BCUT2D eigenvalue weighted by Gasteiger charge is -2.09. The Morgan fingerprint density at radius 2 is 1.89 bits per heavy atom. The summed E-state index contributed by atoms with van der Waals surface area (Å²) in [6, 6.07) is 5.74. The normalized spacial score (nSPS) is 11.6. The second kappa shape index (κ2) is 5.17. The van der Waals surface area contributed by atoms with Gasteiger partial charge in [-0.25, -0.2) is 0 Å². The number of alkyl halides is 3. The van der Waals surface area contributed by atoms with E-state index in [1.807, 2.05) is 6.20 Å². The van der Waals surface area contributed by atoms with Gasteiger partial charge in [0.05, 0.1) is 16.3 Å². The van der Waals surface area contributed by atoms with E-state index in [1.54, 1.807) is 23.0 Å². The van der Waals surface area contributed by atoms with E-state index >= 15 is 0 Å². The van der Waals surface area contributed by atoms with Crippen LogP contribution in [0.1, 0.15) is 5.56 Å². The molecule has 0 saturated heterocycles. The fourth-order valence-corrected chi connectivity index (χ4v) is 1.85. The summed E-state index contributed by atoms with van der Waals surface area (Å²) >= 11 is 2.14. The van der Waals surface area contributed by atoms with Gasteiger partial charge in [0.2, 0.25) is 0 Å². The fraction of sp³-hybridized carbons (Fsp3) is 0.182. The van der Waals surface area contributed by atoms with E-state index in [0.717, 1.165) is 9.13 Å². The van der Waals surface area contributed by atoms with Crippen LogP contribution in [0.5, 0.6) is 5.75 Å². The molecule has 0 saturated carbocycles. The highest BCUT2D eigenvalue weighted by Gasteiger charge is 2.30. The number of aromatic nitrogens is 2. The minimum atomic E-state index is -4.65. The quantitative estimate of drug-likeness (QED) is 0.777. The SMILES string of the molecule is FC(F)(F)Oc1ccc(Cn2cc(I)cn2)cc1.